The first kappa shape index (κ1) is 13.9. The van der Waals surface area contributed by atoms with Crippen molar-refractivity contribution in [2.45, 2.75) is 13.8 Å². The Kier molecular flexibility index (Phi) is 4.60. The van der Waals surface area contributed by atoms with Crippen LogP contribution in [0.25, 0.3) is 0 Å². The van der Waals surface area contributed by atoms with Crippen molar-refractivity contribution in [3.63, 3.8) is 0 Å². The summed E-state index contributed by atoms with van der Waals surface area (Å²) in [7, 11) is 0. The molecule has 3 N–H and O–H groups in total. The summed E-state index contributed by atoms with van der Waals surface area (Å²) in [4.78, 5) is 8.11. The molecule has 0 aliphatic heterocycles. The van der Waals surface area contributed by atoms with Gasteiger partial charge in [0.15, 0.2) is 0 Å². The van der Waals surface area contributed by atoms with E-state index in [2.05, 4.69) is 15.3 Å². The average Bonchev–Trinajstić information content (AvgIpc) is 2.39. The molecule has 0 radical (unpaired) electrons. The van der Waals surface area contributed by atoms with E-state index in [4.69, 9.17) is 15.2 Å². The lowest BCUT2D eigenvalue weighted by Crippen LogP contribution is -2.04. The highest BCUT2D eigenvalue weighted by Crippen LogP contribution is 2.25. The second kappa shape index (κ2) is 6.60. The average molecular weight is 274 g/mol. The number of anilines is 2. The summed E-state index contributed by atoms with van der Waals surface area (Å²) in [5.74, 6) is 2.58. The van der Waals surface area contributed by atoms with Crippen LogP contribution in [-0.4, -0.2) is 23.1 Å². The molecule has 20 heavy (non-hydrogen) atoms. The molecule has 0 aliphatic rings. The van der Waals surface area contributed by atoms with Crippen molar-refractivity contribution in [1.82, 2.24) is 9.97 Å². The van der Waals surface area contributed by atoms with Gasteiger partial charge in [-0.1, -0.05) is 6.07 Å². The molecule has 0 aliphatic carbocycles. The third kappa shape index (κ3) is 3.74. The monoisotopic (exact) mass is 274 g/mol. The molecule has 0 unspecified atom stereocenters. The van der Waals surface area contributed by atoms with Gasteiger partial charge in [-0.15, -0.1) is 0 Å². The van der Waals surface area contributed by atoms with Gasteiger partial charge in [0.25, 0.3) is 0 Å². The smallest absolute Gasteiger partial charge is 0.226 e. The minimum absolute atomic E-state index is 0.166. The first-order valence-electron chi connectivity index (χ1n) is 6.50. The number of nitrogens with zero attached hydrogens (tertiary/aromatic N) is 2. The maximum absolute atomic E-state index is 5.68. The lowest BCUT2D eigenvalue weighted by molar-refractivity contribution is 0.338. The molecule has 0 amide bonds. The maximum Gasteiger partial charge on any atom is 0.226 e. The van der Waals surface area contributed by atoms with Gasteiger partial charge in [-0.3, -0.25) is 0 Å². The molecular formula is C14H18N4O2. The normalized spacial score (nSPS) is 10.1. The van der Waals surface area contributed by atoms with Crippen molar-refractivity contribution in [3.05, 3.63) is 30.3 Å². The summed E-state index contributed by atoms with van der Waals surface area (Å²) >= 11 is 0. The fraction of sp³-hybridized carbons (Fsp3) is 0.286. The van der Waals surface area contributed by atoms with Crippen molar-refractivity contribution in [1.29, 1.82) is 0 Å². The van der Waals surface area contributed by atoms with E-state index in [0.717, 1.165) is 12.3 Å². The minimum Gasteiger partial charge on any atom is -0.494 e. The van der Waals surface area contributed by atoms with Crippen LogP contribution in [0.5, 0.6) is 17.4 Å². The van der Waals surface area contributed by atoms with E-state index in [-0.39, 0.29) is 5.95 Å². The Morgan fingerprint density at radius 2 is 1.95 bits per heavy atom. The Morgan fingerprint density at radius 3 is 2.70 bits per heavy atom. The van der Waals surface area contributed by atoms with Crippen LogP contribution < -0.4 is 20.5 Å². The van der Waals surface area contributed by atoms with Gasteiger partial charge < -0.3 is 20.5 Å². The fourth-order valence-corrected chi connectivity index (χ4v) is 1.68. The van der Waals surface area contributed by atoms with E-state index in [1.54, 1.807) is 12.1 Å². The molecule has 106 valence electrons. The Labute approximate surface area is 118 Å². The molecule has 2 rings (SSSR count). The molecular weight excluding hydrogens is 256 g/mol. The molecule has 1 heterocycles. The largest absolute Gasteiger partial charge is 0.494 e. The first-order valence-corrected chi connectivity index (χ1v) is 6.50. The van der Waals surface area contributed by atoms with Gasteiger partial charge in [0, 0.05) is 18.7 Å². The number of hydrogen-bond donors (Lipinski definition) is 2. The molecule has 0 saturated heterocycles. The number of rotatable bonds is 6. The van der Waals surface area contributed by atoms with E-state index >= 15 is 0 Å². The molecule has 0 saturated carbocycles. The van der Waals surface area contributed by atoms with Gasteiger partial charge in [0.05, 0.1) is 6.61 Å². The van der Waals surface area contributed by atoms with Crippen LogP contribution in [0.15, 0.2) is 30.3 Å². The van der Waals surface area contributed by atoms with Crippen LogP contribution in [0, 0.1) is 0 Å². The van der Waals surface area contributed by atoms with Gasteiger partial charge in [-0.25, -0.2) is 0 Å². The second-order valence-electron chi connectivity index (χ2n) is 3.99. The standard InChI is InChI=1S/C14H18N4O2/c1-3-16-12-9-13(18-14(15)17-12)20-11-7-5-6-10(8-11)19-4-2/h5-9H,3-4H2,1-2H3,(H3,15,16,17,18). The number of benzene rings is 1. The van der Waals surface area contributed by atoms with Gasteiger partial charge in [-0.2, -0.15) is 9.97 Å². The number of nitrogen functional groups attached to an aromatic ring is 1. The molecule has 0 atom stereocenters. The Balaban J connectivity index is 2.18. The molecule has 6 heteroatoms. The zero-order valence-electron chi connectivity index (χ0n) is 11.6. The summed E-state index contributed by atoms with van der Waals surface area (Å²) in [5.41, 5.74) is 5.65. The predicted molar refractivity (Wildman–Crippen MR) is 78.3 cm³/mol. The van der Waals surface area contributed by atoms with Crippen molar-refractivity contribution in [3.8, 4) is 17.4 Å². The zero-order chi connectivity index (χ0) is 14.4. The predicted octanol–water partition coefficient (Wildman–Crippen LogP) is 2.68. The van der Waals surface area contributed by atoms with E-state index in [0.29, 0.717) is 24.1 Å². The number of aromatic nitrogens is 2. The van der Waals surface area contributed by atoms with Crippen LogP contribution in [-0.2, 0) is 0 Å². The summed E-state index contributed by atoms with van der Waals surface area (Å²) in [6, 6.07) is 9.06. The summed E-state index contributed by atoms with van der Waals surface area (Å²) in [5, 5.41) is 3.07. The highest BCUT2D eigenvalue weighted by Gasteiger charge is 2.05. The summed E-state index contributed by atoms with van der Waals surface area (Å²) in [6.45, 7) is 5.26. The molecule has 1 aromatic carbocycles. The molecule has 1 aromatic heterocycles. The second-order valence-corrected chi connectivity index (χ2v) is 3.99. The molecule has 2 aromatic rings. The molecule has 0 bridgehead atoms. The summed E-state index contributed by atoms with van der Waals surface area (Å²) in [6.07, 6.45) is 0. The van der Waals surface area contributed by atoms with Gasteiger partial charge in [-0.05, 0) is 26.0 Å². The van der Waals surface area contributed by atoms with Gasteiger partial charge in [0.1, 0.15) is 17.3 Å². The number of hydrogen-bond acceptors (Lipinski definition) is 6. The van der Waals surface area contributed by atoms with Crippen LogP contribution >= 0.6 is 0 Å². The molecule has 0 fully saturated rings. The van der Waals surface area contributed by atoms with Gasteiger partial charge >= 0.3 is 0 Å². The van der Waals surface area contributed by atoms with Crippen molar-refractivity contribution >= 4 is 11.8 Å². The van der Waals surface area contributed by atoms with E-state index < -0.39 is 0 Å². The topological polar surface area (TPSA) is 82.3 Å². The lowest BCUT2D eigenvalue weighted by Gasteiger charge is -2.09. The third-order valence-electron chi connectivity index (χ3n) is 2.42. The van der Waals surface area contributed by atoms with E-state index in [1.807, 2.05) is 32.0 Å². The highest BCUT2D eigenvalue weighted by molar-refractivity contribution is 5.44. The van der Waals surface area contributed by atoms with Crippen LogP contribution in [0.1, 0.15) is 13.8 Å². The molecule has 0 spiro atoms. The zero-order valence-corrected chi connectivity index (χ0v) is 11.6. The van der Waals surface area contributed by atoms with E-state index in [9.17, 15) is 0 Å². The number of nitrogens with two attached hydrogens (primary N) is 1. The lowest BCUT2D eigenvalue weighted by atomic mass is 10.3. The van der Waals surface area contributed by atoms with Crippen molar-refractivity contribution in [2.24, 2.45) is 0 Å². The maximum atomic E-state index is 5.68. The molecule has 6 nitrogen and oxygen atoms in total. The SMILES string of the molecule is CCNc1cc(Oc2cccc(OCC)c2)nc(N)n1. The van der Waals surface area contributed by atoms with Gasteiger partial charge in [0.2, 0.25) is 11.8 Å². The quantitative estimate of drug-likeness (QED) is 0.842. The third-order valence-corrected chi connectivity index (χ3v) is 2.42. The highest BCUT2D eigenvalue weighted by atomic mass is 16.5. The summed E-state index contributed by atoms with van der Waals surface area (Å²) < 4.78 is 11.1. The first-order chi connectivity index (χ1) is 9.71. The van der Waals surface area contributed by atoms with Crippen LogP contribution in [0.3, 0.4) is 0 Å². The van der Waals surface area contributed by atoms with E-state index in [1.165, 1.54) is 0 Å². The number of nitrogens with one attached hydrogen (secondary N) is 1. The van der Waals surface area contributed by atoms with Crippen molar-refractivity contribution < 1.29 is 9.47 Å². The Morgan fingerprint density at radius 1 is 1.15 bits per heavy atom. The minimum atomic E-state index is 0.166. The Hall–Kier alpha value is -2.50. The Bertz CT molecular complexity index is 575. The van der Waals surface area contributed by atoms with Crippen LogP contribution in [0.2, 0.25) is 0 Å². The van der Waals surface area contributed by atoms with Crippen LogP contribution in [0.4, 0.5) is 11.8 Å². The van der Waals surface area contributed by atoms with Crippen molar-refractivity contribution in [2.75, 3.05) is 24.2 Å². The number of ether oxygens (including phenoxy) is 2. The fourth-order valence-electron chi connectivity index (χ4n) is 1.68.